The Hall–Kier alpha value is -1.48. The first-order valence-corrected chi connectivity index (χ1v) is 8.72. The summed E-state index contributed by atoms with van der Waals surface area (Å²) >= 11 is 1.40. The van der Waals surface area contributed by atoms with Crippen LogP contribution < -0.4 is 16.6 Å². The zero-order valence-electron chi connectivity index (χ0n) is 13.3. The zero-order chi connectivity index (χ0) is 16.2. The third-order valence-corrected chi connectivity index (χ3v) is 4.96. The van der Waals surface area contributed by atoms with Gasteiger partial charge in [-0.2, -0.15) is 0 Å². The molecular weight excluding hydrogens is 350 g/mol. The Labute approximate surface area is 150 Å². The number of thiophene rings is 1. The maximum absolute atomic E-state index is 12.1. The van der Waals surface area contributed by atoms with E-state index in [9.17, 15) is 9.59 Å². The molecule has 0 aliphatic carbocycles. The quantitative estimate of drug-likeness (QED) is 0.717. The van der Waals surface area contributed by atoms with Crippen LogP contribution in [0.2, 0.25) is 0 Å². The van der Waals surface area contributed by atoms with Crippen LogP contribution in [0.15, 0.2) is 16.2 Å². The molecule has 1 amide bonds. The third-order valence-electron chi connectivity index (χ3n) is 4.06. The lowest BCUT2D eigenvalue weighted by Gasteiger charge is -2.31. The smallest absolute Gasteiger partial charge is 0.268 e. The Balaban J connectivity index is 0.00000208. The van der Waals surface area contributed by atoms with Crippen molar-refractivity contribution in [3.05, 3.63) is 27.6 Å². The molecule has 1 unspecified atom stereocenters. The van der Waals surface area contributed by atoms with Crippen molar-refractivity contribution >= 4 is 39.9 Å². The van der Waals surface area contributed by atoms with E-state index in [4.69, 9.17) is 5.73 Å². The van der Waals surface area contributed by atoms with Gasteiger partial charge in [0.2, 0.25) is 5.91 Å². The largest absolute Gasteiger partial charge is 0.355 e. The lowest BCUT2D eigenvalue weighted by Crippen LogP contribution is -2.44. The van der Waals surface area contributed by atoms with Gasteiger partial charge in [0.05, 0.1) is 18.0 Å². The highest BCUT2D eigenvalue weighted by atomic mass is 35.5. The fourth-order valence-electron chi connectivity index (χ4n) is 2.96. The summed E-state index contributed by atoms with van der Waals surface area (Å²) in [5.41, 5.74) is 6.07. The second kappa shape index (κ2) is 8.57. The molecule has 0 aromatic carbocycles. The van der Waals surface area contributed by atoms with Gasteiger partial charge in [0.15, 0.2) is 0 Å². The average molecular weight is 372 g/mol. The van der Waals surface area contributed by atoms with Crippen molar-refractivity contribution in [1.29, 1.82) is 0 Å². The van der Waals surface area contributed by atoms with Crippen LogP contribution >= 0.6 is 23.7 Å². The molecule has 1 aliphatic rings. The van der Waals surface area contributed by atoms with Gasteiger partial charge in [0.25, 0.3) is 5.56 Å². The molecule has 1 saturated heterocycles. The molecular formula is C15H22ClN5O2S. The van der Waals surface area contributed by atoms with E-state index in [2.05, 4.69) is 20.2 Å². The van der Waals surface area contributed by atoms with Crippen LogP contribution in [-0.4, -0.2) is 47.0 Å². The number of nitrogens with two attached hydrogens (primary N) is 1. The summed E-state index contributed by atoms with van der Waals surface area (Å²) in [5, 5.41) is 4.72. The molecule has 3 rings (SSSR count). The second-order valence-corrected chi connectivity index (χ2v) is 6.72. The van der Waals surface area contributed by atoms with Gasteiger partial charge in [-0.1, -0.05) is 0 Å². The van der Waals surface area contributed by atoms with E-state index in [0.29, 0.717) is 36.7 Å². The van der Waals surface area contributed by atoms with E-state index in [1.807, 2.05) is 11.4 Å². The average Bonchev–Trinajstić information content (AvgIpc) is 3.02. The van der Waals surface area contributed by atoms with Gasteiger partial charge < -0.3 is 16.0 Å². The summed E-state index contributed by atoms with van der Waals surface area (Å²) < 4.78 is 0.659. The number of hydrogen-bond donors (Lipinski definition) is 3. The highest BCUT2D eigenvalue weighted by Gasteiger charge is 2.26. The van der Waals surface area contributed by atoms with Crippen LogP contribution in [0.3, 0.4) is 0 Å². The van der Waals surface area contributed by atoms with Gasteiger partial charge in [-0.3, -0.25) is 14.5 Å². The molecule has 1 fully saturated rings. The summed E-state index contributed by atoms with van der Waals surface area (Å²) in [6, 6.07) is 1.86. The molecule has 3 heterocycles. The van der Waals surface area contributed by atoms with E-state index in [1.54, 1.807) is 0 Å². The monoisotopic (exact) mass is 371 g/mol. The lowest BCUT2D eigenvalue weighted by atomic mass is 9.97. The van der Waals surface area contributed by atoms with Crippen LogP contribution in [0.25, 0.3) is 10.2 Å². The Morgan fingerprint density at radius 2 is 2.38 bits per heavy atom. The molecule has 0 spiro atoms. The Morgan fingerprint density at radius 3 is 3.17 bits per heavy atom. The number of rotatable bonds is 5. The maximum atomic E-state index is 12.1. The van der Waals surface area contributed by atoms with Crippen molar-refractivity contribution in [3.63, 3.8) is 0 Å². The summed E-state index contributed by atoms with van der Waals surface area (Å²) in [5.74, 6) is 0.700. The third kappa shape index (κ3) is 4.32. The topological polar surface area (TPSA) is 104 Å². The first-order valence-electron chi connectivity index (χ1n) is 7.84. The number of halogens is 1. The summed E-state index contributed by atoms with van der Waals surface area (Å²) in [4.78, 5) is 33.6. The van der Waals surface area contributed by atoms with Gasteiger partial charge in [-0.15, -0.1) is 23.7 Å². The van der Waals surface area contributed by atoms with Crippen LogP contribution in [0.4, 0.5) is 0 Å². The zero-order valence-corrected chi connectivity index (χ0v) is 14.9. The van der Waals surface area contributed by atoms with Gasteiger partial charge in [0, 0.05) is 19.6 Å². The highest BCUT2D eigenvalue weighted by molar-refractivity contribution is 7.17. The first kappa shape index (κ1) is 18.9. The van der Waals surface area contributed by atoms with Crippen molar-refractivity contribution in [2.24, 2.45) is 11.7 Å². The van der Waals surface area contributed by atoms with Crippen LogP contribution in [-0.2, 0) is 11.3 Å². The van der Waals surface area contributed by atoms with Gasteiger partial charge >= 0.3 is 0 Å². The summed E-state index contributed by atoms with van der Waals surface area (Å²) in [7, 11) is 0. The molecule has 1 aliphatic heterocycles. The van der Waals surface area contributed by atoms with E-state index < -0.39 is 0 Å². The minimum absolute atomic E-state index is 0. The van der Waals surface area contributed by atoms with Crippen LogP contribution in [0.5, 0.6) is 0 Å². The predicted molar refractivity (Wildman–Crippen MR) is 97.6 cm³/mol. The van der Waals surface area contributed by atoms with Gasteiger partial charge in [-0.05, 0) is 30.8 Å². The Morgan fingerprint density at radius 1 is 1.54 bits per heavy atom. The predicted octanol–water partition coefficient (Wildman–Crippen LogP) is 0.693. The molecule has 132 valence electrons. The number of likely N-dealkylation sites (tertiary alicyclic amines) is 1. The van der Waals surface area contributed by atoms with Crippen LogP contribution in [0.1, 0.15) is 18.7 Å². The van der Waals surface area contributed by atoms with Crippen molar-refractivity contribution in [3.8, 4) is 0 Å². The van der Waals surface area contributed by atoms with Crippen molar-refractivity contribution in [1.82, 2.24) is 20.2 Å². The molecule has 0 bridgehead atoms. The van der Waals surface area contributed by atoms with Crippen molar-refractivity contribution in [2.45, 2.75) is 19.4 Å². The van der Waals surface area contributed by atoms with E-state index >= 15 is 0 Å². The number of carbonyl (C=O) groups excluding carboxylic acids is 1. The van der Waals surface area contributed by atoms with Gasteiger partial charge in [0.1, 0.15) is 10.5 Å². The minimum atomic E-state index is -0.0887. The molecule has 7 nitrogen and oxygen atoms in total. The molecule has 24 heavy (non-hydrogen) atoms. The Bertz CT molecular complexity index is 747. The maximum Gasteiger partial charge on any atom is 0.268 e. The number of aromatic nitrogens is 2. The fourth-order valence-corrected chi connectivity index (χ4v) is 3.69. The summed E-state index contributed by atoms with van der Waals surface area (Å²) in [6.45, 7) is 3.11. The van der Waals surface area contributed by atoms with Crippen LogP contribution in [0, 0.1) is 5.92 Å². The molecule has 2 aromatic heterocycles. The second-order valence-electron chi connectivity index (χ2n) is 5.80. The number of fused-ring (bicyclic) bond motifs is 1. The number of nitrogens with one attached hydrogen (secondary N) is 2. The molecule has 9 heteroatoms. The normalized spacial score (nSPS) is 18.3. The number of carbonyl (C=O) groups is 1. The number of aromatic amines is 1. The fraction of sp³-hybridized carbons (Fsp3) is 0.533. The van der Waals surface area contributed by atoms with Crippen molar-refractivity contribution < 1.29 is 4.79 Å². The standard InChI is InChI=1S/C15H21N5O2S.ClH/c16-4-5-17-14(21)10-2-1-6-20(8-10)9-12-18-11-3-7-23-13(11)15(22)19-12;/h3,7,10H,1-2,4-6,8-9,16H2,(H,17,21)(H,18,19,22);1H. The SMILES string of the molecule is Cl.NCCNC(=O)C1CCCN(Cc2nc3ccsc3c(=O)[nH]2)C1. The minimum Gasteiger partial charge on any atom is -0.355 e. The molecule has 1 atom stereocenters. The van der Waals surface area contributed by atoms with Gasteiger partial charge in [-0.25, -0.2) is 4.98 Å². The van der Waals surface area contributed by atoms with Crippen molar-refractivity contribution in [2.75, 3.05) is 26.2 Å². The molecule has 4 N–H and O–H groups in total. The first-order chi connectivity index (χ1) is 11.2. The number of hydrogen-bond acceptors (Lipinski definition) is 6. The van der Waals surface area contributed by atoms with E-state index in [-0.39, 0.29) is 29.8 Å². The molecule has 0 radical (unpaired) electrons. The van der Waals surface area contributed by atoms with E-state index in [0.717, 1.165) is 24.9 Å². The Kier molecular flexibility index (Phi) is 6.73. The summed E-state index contributed by atoms with van der Waals surface area (Å²) in [6.07, 6.45) is 1.85. The number of amides is 1. The molecule has 0 saturated carbocycles. The highest BCUT2D eigenvalue weighted by Crippen LogP contribution is 2.19. The number of H-pyrrole nitrogens is 1. The number of piperidine rings is 1. The molecule has 2 aromatic rings. The van der Waals surface area contributed by atoms with E-state index in [1.165, 1.54) is 11.3 Å². The number of nitrogens with zero attached hydrogens (tertiary/aromatic N) is 2. The lowest BCUT2D eigenvalue weighted by molar-refractivity contribution is -0.126.